The van der Waals surface area contributed by atoms with Crippen LogP contribution in [-0.4, -0.2) is 36.9 Å². The first-order valence-corrected chi connectivity index (χ1v) is 7.46. The number of hydrogen-bond acceptors (Lipinski definition) is 2. The second kappa shape index (κ2) is 5.02. The van der Waals surface area contributed by atoms with Gasteiger partial charge in [0.15, 0.2) is 0 Å². The van der Waals surface area contributed by atoms with Gasteiger partial charge in [-0.3, -0.25) is 0 Å². The molecule has 5 heteroatoms. The molecule has 0 radical (unpaired) electrons. The number of rotatable bonds is 3. The molecule has 3 nitrogen and oxygen atoms in total. The van der Waals surface area contributed by atoms with E-state index in [-0.39, 0.29) is 5.88 Å². The fraction of sp³-hybridized carbons (Fsp3) is 1.00. The van der Waals surface area contributed by atoms with Crippen molar-refractivity contribution in [1.29, 1.82) is 0 Å². The summed E-state index contributed by atoms with van der Waals surface area (Å²) in [5.74, 6) is 1.07. The monoisotopic (exact) mass is 253 g/mol. The fourth-order valence-electron chi connectivity index (χ4n) is 2.15. The van der Waals surface area contributed by atoms with Crippen molar-refractivity contribution in [3.63, 3.8) is 0 Å². The van der Waals surface area contributed by atoms with Gasteiger partial charge in [0, 0.05) is 19.0 Å². The topological polar surface area (TPSA) is 37.4 Å². The summed E-state index contributed by atoms with van der Waals surface area (Å²) >= 11 is 5.62. The van der Waals surface area contributed by atoms with Crippen molar-refractivity contribution in [3.05, 3.63) is 0 Å². The van der Waals surface area contributed by atoms with E-state index >= 15 is 0 Å². The van der Waals surface area contributed by atoms with Gasteiger partial charge in [0.05, 0.1) is 5.25 Å². The highest BCUT2D eigenvalue weighted by molar-refractivity contribution is 7.89. The van der Waals surface area contributed by atoms with Gasteiger partial charge in [-0.2, -0.15) is 0 Å². The van der Waals surface area contributed by atoms with E-state index < -0.39 is 15.3 Å². The summed E-state index contributed by atoms with van der Waals surface area (Å²) < 4.78 is 25.7. The van der Waals surface area contributed by atoms with Gasteiger partial charge in [-0.25, -0.2) is 12.7 Å². The molecule has 1 saturated heterocycles. The van der Waals surface area contributed by atoms with Crippen LogP contribution in [0.4, 0.5) is 0 Å². The lowest BCUT2D eigenvalue weighted by Gasteiger charge is -2.35. The first-order valence-electron chi connectivity index (χ1n) is 5.42. The fourth-order valence-corrected chi connectivity index (χ4v) is 4.22. The summed E-state index contributed by atoms with van der Waals surface area (Å²) in [4.78, 5) is 0. The number of sulfonamides is 1. The molecule has 3 unspecified atom stereocenters. The molecular weight excluding hydrogens is 234 g/mol. The van der Waals surface area contributed by atoms with Crippen LogP contribution in [0.2, 0.25) is 0 Å². The van der Waals surface area contributed by atoms with Crippen molar-refractivity contribution >= 4 is 21.6 Å². The molecule has 1 aliphatic rings. The number of nitrogens with zero attached hydrogens (tertiary/aromatic N) is 1. The zero-order valence-corrected chi connectivity index (χ0v) is 11.2. The molecule has 1 fully saturated rings. The van der Waals surface area contributed by atoms with E-state index in [0.717, 1.165) is 6.42 Å². The van der Waals surface area contributed by atoms with Crippen LogP contribution in [0, 0.1) is 11.8 Å². The number of alkyl halides is 1. The largest absolute Gasteiger partial charge is 0.217 e. The molecule has 0 aliphatic carbocycles. The molecule has 3 atom stereocenters. The Morgan fingerprint density at radius 2 is 1.80 bits per heavy atom. The van der Waals surface area contributed by atoms with E-state index in [0.29, 0.717) is 24.9 Å². The third-order valence-electron chi connectivity index (χ3n) is 2.92. The van der Waals surface area contributed by atoms with Crippen molar-refractivity contribution in [2.45, 2.75) is 32.4 Å². The Labute approximate surface area is 97.8 Å². The molecule has 0 saturated carbocycles. The van der Waals surface area contributed by atoms with Crippen molar-refractivity contribution in [2.24, 2.45) is 11.8 Å². The third-order valence-corrected chi connectivity index (χ3v) is 5.77. The molecular formula is C10H20ClNO2S. The number of piperidine rings is 1. The maximum Gasteiger partial charge on any atom is 0.217 e. The van der Waals surface area contributed by atoms with Crippen LogP contribution in [0.15, 0.2) is 0 Å². The van der Waals surface area contributed by atoms with Gasteiger partial charge in [-0.1, -0.05) is 13.8 Å². The quantitative estimate of drug-likeness (QED) is 0.721. The lowest BCUT2D eigenvalue weighted by Crippen LogP contribution is -2.46. The minimum atomic E-state index is -3.18. The average molecular weight is 254 g/mol. The standard InChI is InChI=1S/C10H20ClNO2S/c1-8-4-9(2)7-12(6-8)15(13,14)10(3)5-11/h8-10H,4-7H2,1-3H3. The predicted octanol–water partition coefficient (Wildman–Crippen LogP) is 1.92. The summed E-state index contributed by atoms with van der Waals surface area (Å²) in [5.41, 5.74) is 0. The molecule has 90 valence electrons. The van der Waals surface area contributed by atoms with Gasteiger partial charge < -0.3 is 0 Å². The first kappa shape index (κ1) is 13.3. The van der Waals surface area contributed by atoms with Crippen LogP contribution in [-0.2, 0) is 10.0 Å². The molecule has 15 heavy (non-hydrogen) atoms. The minimum absolute atomic E-state index is 0.168. The summed E-state index contributed by atoms with van der Waals surface area (Å²) in [5, 5.41) is -0.475. The molecule has 0 amide bonds. The normalized spacial score (nSPS) is 31.5. The van der Waals surface area contributed by atoms with E-state index in [9.17, 15) is 8.42 Å². The van der Waals surface area contributed by atoms with Crippen LogP contribution in [0.3, 0.4) is 0 Å². The first-order chi connectivity index (χ1) is 6.87. The van der Waals surface area contributed by atoms with E-state index in [1.807, 2.05) is 0 Å². The molecule has 1 rings (SSSR count). The van der Waals surface area contributed by atoms with Crippen molar-refractivity contribution in [2.75, 3.05) is 19.0 Å². The summed E-state index contributed by atoms with van der Waals surface area (Å²) in [7, 11) is -3.18. The summed E-state index contributed by atoms with van der Waals surface area (Å²) in [6, 6.07) is 0. The Morgan fingerprint density at radius 1 is 1.33 bits per heavy atom. The highest BCUT2D eigenvalue weighted by atomic mass is 35.5. The van der Waals surface area contributed by atoms with Gasteiger partial charge in [-0.05, 0) is 25.2 Å². The molecule has 0 aromatic rings. The Kier molecular flexibility index (Phi) is 4.44. The second-order valence-corrected chi connectivity index (χ2v) is 7.43. The van der Waals surface area contributed by atoms with Gasteiger partial charge >= 0.3 is 0 Å². The van der Waals surface area contributed by atoms with E-state index in [1.165, 1.54) is 0 Å². The van der Waals surface area contributed by atoms with Crippen molar-refractivity contribution in [3.8, 4) is 0 Å². The summed E-state index contributed by atoms with van der Waals surface area (Å²) in [6.45, 7) is 7.17. The van der Waals surface area contributed by atoms with Crippen LogP contribution in [0.25, 0.3) is 0 Å². The van der Waals surface area contributed by atoms with Gasteiger partial charge in [0.1, 0.15) is 0 Å². The van der Waals surface area contributed by atoms with Crippen LogP contribution in [0.1, 0.15) is 27.2 Å². The summed E-state index contributed by atoms with van der Waals surface area (Å²) in [6.07, 6.45) is 1.11. The van der Waals surface area contributed by atoms with Crippen LogP contribution >= 0.6 is 11.6 Å². The maximum absolute atomic E-state index is 12.0. The highest BCUT2D eigenvalue weighted by Crippen LogP contribution is 2.25. The lowest BCUT2D eigenvalue weighted by molar-refractivity contribution is 0.221. The second-order valence-electron chi connectivity index (χ2n) is 4.77. The van der Waals surface area contributed by atoms with Gasteiger partial charge in [0.25, 0.3) is 0 Å². The molecule has 0 spiro atoms. The molecule has 1 heterocycles. The van der Waals surface area contributed by atoms with Crippen LogP contribution < -0.4 is 0 Å². The Bertz CT molecular complexity index is 295. The van der Waals surface area contributed by atoms with Crippen LogP contribution in [0.5, 0.6) is 0 Å². The van der Waals surface area contributed by atoms with E-state index in [1.54, 1.807) is 11.2 Å². The number of halogens is 1. The zero-order chi connectivity index (χ0) is 11.6. The Morgan fingerprint density at radius 3 is 2.20 bits per heavy atom. The SMILES string of the molecule is CC1CC(C)CN(S(=O)(=O)C(C)CCl)C1. The lowest BCUT2D eigenvalue weighted by atomic mass is 9.94. The molecule has 1 aliphatic heterocycles. The zero-order valence-electron chi connectivity index (χ0n) is 9.61. The average Bonchev–Trinajstić information content (AvgIpc) is 2.15. The van der Waals surface area contributed by atoms with Gasteiger partial charge in [-0.15, -0.1) is 11.6 Å². The molecule has 0 aromatic carbocycles. The molecule has 0 aromatic heterocycles. The highest BCUT2D eigenvalue weighted by Gasteiger charge is 2.33. The number of hydrogen-bond donors (Lipinski definition) is 0. The van der Waals surface area contributed by atoms with E-state index in [4.69, 9.17) is 11.6 Å². The predicted molar refractivity (Wildman–Crippen MR) is 63.6 cm³/mol. The van der Waals surface area contributed by atoms with Crippen molar-refractivity contribution in [1.82, 2.24) is 4.31 Å². The minimum Gasteiger partial charge on any atom is -0.212 e. The Balaban J connectivity index is 2.79. The Hall–Kier alpha value is 0.200. The molecule has 0 N–H and O–H groups in total. The van der Waals surface area contributed by atoms with Crippen molar-refractivity contribution < 1.29 is 8.42 Å². The third kappa shape index (κ3) is 3.08. The molecule has 0 bridgehead atoms. The van der Waals surface area contributed by atoms with Gasteiger partial charge in [0.2, 0.25) is 10.0 Å². The van der Waals surface area contributed by atoms with E-state index in [2.05, 4.69) is 13.8 Å². The smallest absolute Gasteiger partial charge is 0.212 e. The maximum atomic E-state index is 12.0.